The van der Waals surface area contributed by atoms with E-state index in [0.29, 0.717) is 36.6 Å². The van der Waals surface area contributed by atoms with Crippen LogP contribution in [0.15, 0.2) is 59.5 Å². The number of halogens is 1. The molecule has 1 N–H and O–H groups in total. The molecule has 1 fully saturated rings. The second-order valence-electron chi connectivity index (χ2n) is 9.38. The zero-order valence-corrected chi connectivity index (χ0v) is 19.9. The fourth-order valence-corrected chi connectivity index (χ4v) is 5.03. The van der Waals surface area contributed by atoms with Crippen LogP contribution >= 0.6 is 0 Å². The summed E-state index contributed by atoms with van der Waals surface area (Å²) in [6.07, 6.45) is 5.85. The maximum Gasteiger partial charge on any atom is 0.272 e. The molecule has 35 heavy (non-hydrogen) atoms. The molecule has 0 spiro atoms. The van der Waals surface area contributed by atoms with Gasteiger partial charge in [0.15, 0.2) is 0 Å². The van der Waals surface area contributed by atoms with Gasteiger partial charge in [0.25, 0.3) is 11.5 Å². The Morgan fingerprint density at radius 2 is 1.86 bits per heavy atom. The fourth-order valence-electron chi connectivity index (χ4n) is 5.03. The minimum absolute atomic E-state index is 0.0833. The highest BCUT2D eigenvalue weighted by atomic mass is 19.1. The van der Waals surface area contributed by atoms with E-state index in [-0.39, 0.29) is 17.0 Å². The van der Waals surface area contributed by atoms with Gasteiger partial charge in [0.05, 0.1) is 16.6 Å². The lowest BCUT2D eigenvalue weighted by atomic mass is 10.0. The summed E-state index contributed by atoms with van der Waals surface area (Å²) in [5.74, 6) is -0.798. The van der Waals surface area contributed by atoms with Crippen LogP contribution in [0, 0.1) is 5.82 Å². The molecule has 3 heterocycles. The van der Waals surface area contributed by atoms with Crippen molar-refractivity contribution in [2.24, 2.45) is 0 Å². The van der Waals surface area contributed by atoms with E-state index in [1.165, 1.54) is 6.07 Å². The number of aromatic amines is 1. The van der Waals surface area contributed by atoms with E-state index in [9.17, 15) is 14.0 Å². The molecule has 3 aromatic rings. The van der Waals surface area contributed by atoms with Crippen LogP contribution in [0.2, 0.25) is 0 Å². The van der Waals surface area contributed by atoms with Gasteiger partial charge >= 0.3 is 0 Å². The summed E-state index contributed by atoms with van der Waals surface area (Å²) in [5, 5.41) is 8.06. The molecule has 2 aliphatic heterocycles. The van der Waals surface area contributed by atoms with Gasteiger partial charge in [-0.05, 0) is 43.3 Å². The van der Waals surface area contributed by atoms with Gasteiger partial charge in [0.1, 0.15) is 5.82 Å². The van der Waals surface area contributed by atoms with Crippen LogP contribution in [0.4, 0.5) is 4.39 Å². The molecule has 2 aromatic carbocycles. The second-order valence-corrected chi connectivity index (χ2v) is 9.38. The number of hydrogen-bond donors (Lipinski definition) is 1. The second kappa shape index (κ2) is 10.00. The third kappa shape index (κ3) is 4.98. The molecule has 0 saturated carbocycles. The van der Waals surface area contributed by atoms with Crippen molar-refractivity contribution in [1.29, 1.82) is 0 Å². The number of carbonyl (C=O) groups excluding carboxylic acids is 1. The van der Waals surface area contributed by atoms with E-state index in [2.05, 4.69) is 39.2 Å². The quantitative estimate of drug-likeness (QED) is 0.594. The van der Waals surface area contributed by atoms with E-state index in [1.54, 1.807) is 29.2 Å². The highest BCUT2D eigenvalue weighted by Gasteiger charge is 2.27. The number of aromatic nitrogens is 2. The van der Waals surface area contributed by atoms with Crippen molar-refractivity contribution in [1.82, 2.24) is 24.9 Å². The van der Waals surface area contributed by atoms with Crippen LogP contribution in [0.5, 0.6) is 0 Å². The van der Waals surface area contributed by atoms with Crippen LogP contribution in [0.25, 0.3) is 10.8 Å². The Bertz CT molecular complexity index is 1310. The third-order valence-corrected chi connectivity index (χ3v) is 7.03. The number of amides is 1. The van der Waals surface area contributed by atoms with Crippen LogP contribution in [-0.2, 0) is 6.42 Å². The van der Waals surface area contributed by atoms with Crippen molar-refractivity contribution >= 4 is 16.7 Å². The maximum atomic E-state index is 14.7. The number of fused-ring (bicyclic) bond motifs is 1. The normalized spacial score (nSPS) is 17.3. The van der Waals surface area contributed by atoms with Crippen LogP contribution in [-0.4, -0.2) is 76.1 Å². The molecule has 1 aromatic heterocycles. The van der Waals surface area contributed by atoms with Crippen LogP contribution in [0.3, 0.4) is 0 Å². The zero-order chi connectivity index (χ0) is 24.4. The predicted octanol–water partition coefficient (Wildman–Crippen LogP) is 3.02. The average molecular weight is 476 g/mol. The van der Waals surface area contributed by atoms with Crippen molar-refractivity contribution in [3.05, 3.63) is 87.7 Å². The van der Waals surface area contributed by atoms with E-state index >= 15 is 0 Å². The number of H-pyrrole nitrogens is 1. The van der Waals surface area contributed by atoms with Crippen LogP contribution in [0.1, 0.15) is 35.0 Å². The molecule has 0 radical (unpaired) electrons. The van der Waals surface area contributed by atoms with Gasteiger partial charge in [0.2, 0.25) is 0 Å². The zero-order valence-electron chi connectivity index (χ0n) is 19.9. The monoisotopic (exact) mass is 475 g/mol. The smallest absolute Gasteiger partial charge is 0.272 e. The molecule has 1 unspecified atom stereocenters. The Labute approximate surface area is 203 Å². The largest absolute Gasteiger partial charge is 0.376 e. The molecule has 0 aliphatic carbocycles. The van der Waals surface area contributed by atoms with Crippen molar-refractivity contribution in [3.63, 3.8) is 0 Å². The topological polar surface area (TPSA) is 72.5 Å². The van der Waals surface area contributed by atoms with Gasteiger partial charge in [0, 0.05) is 57.1 Å². The Balaban J connectivity index is 1.27. The predicted molar refractivity (Wildman–Crippen MR) is 134 cm³/mol. The summed E-state index contributed by atoms with van der Waals surface area (Å²) in [5.41, 5.74) is 1.29. The minimum atomic E-state index is -0.519. The number of carbonyl (C=O) groups is 1. The van der Waals surface area contributed by atoms with Crippen LogP contribution < -0.4 is 5.56 Å². The summed E-state index contributed by atoms with van der Waals surface area (Å²) in [4.78, 5) is 31.8. The first-order chi connectivity index (χ1) is 17.0. The van der Waals surface area contributed by atoms with Crippen molar-refractivity contribution in [2.75, 3.05) is 39.3 Å². The van der Waals surface area contributed by atoms with Gasteiger partial charge in [-0.2, -0.15) is 5.10 Å². The van der Waals surface area contributed by atoms with Crippen molar-refractivity contribution < 1.29 is 9.18 Å². The number of nitrogens with one attached hydrogen (secondary N) is 1. The molecule has 7 nitrogen and oxygen atoms in total. The Morgan fingerprint density at radius 1 is 1.09 bits per heavy atom. The molecule has 5 rings (SSSR count). The molecule has 1 amide bonds. The lowest BCUT2D eigenvalue weighted by molar-refractivity contribution is 0.0555. The molecular weight excluding hydrogens is 445 g/mol. The van der Waals surface area contributed by atoms with Crippen molar-refractivity contribution in [2.45, 2.75) is 25.8 Å². The Hall–Kier alpha value is -3.52. The minimum Gasteiger partial charge on any atom is -0.376 e. The lowest BCUT2D eigenvalue weighted by Crippen LogP contribution is -2.53. The molecule has 8 heteroatoms. The van der Waals surface area contributed by atoms with E-state index in [4.69, 9.17) is 0 Å². The van der Waals surface area contributed by atoms with Gasteiger partial charge < -0.3 is 9.80 Å². The summed E-state index contributed by atoms with van der Waals surface area (Å²) in [6.45, 7) is 6.99. The third-order valence-electron chi connectivity index (χ3n) is 7.03. The van der Waals surface area contributed by atoms with E-state index in [0.717, 1.165) is 43.5 Å². The Kier molecular flexibility index (Phi) is 6.63. The fraction of sp³-hybridized carbons (Fsp3) is 0.370. The average Bonchev–Trinajstić information content (AvgIpc) is 3.40. The summed E-state index contributed by atoms with van der Waals surface area (Å²) in [6, 6.07) is 12.3. The van der Waals surface area contributed by atoms with Gasteiger partial charge in [-0.15, -0.1) is 0 Å². The lowest BCUT2D eigenvalue weighted by Gasteiger charge is -2.39. The number of hydrogen-bond acceptors (Lipinski definition) is 5. The van der Waals surface area contributed by atoms with E-state index < -0.39 is 5.82 Å². The molecule has 182 valence electrons. The highest BCUT2D eigenvalue weighted by Crippen LogP contribution is 2.20. The number of piperazine rings is 1. The van der Waals surface area contributed by atoms with Gasteiger partial charge in [-0.1, -0.05) is 30.3 Å². The summed E-state index contributed by atoms with van der Waals surface area (Å²) in [7, 11) is 0. The first kappa shape index (κ1) is 23.2. The van der Waals surface area contributed by atoms with E-state index in [1.807, 2.05) is 12.1 Å². The number of benzene rings is 2. The Morgan fingerprint density at radius 3 is 2.60 bits per heavy atom. The molecule has 2 aliphatic rings. The standard InChI is InChI=1S/C27H30FN5O2/c1-19(18-31-10-4-5-11-31)32-12-14-33(15-13-32)27(35)23-16-20(8-9-24(23)28)17-25-21-6-2-3-7-22(21)26(34)30-29-25/h2-4,6-10,16,19H,5,11-15,17-18H2,1H3,(H,30,34). The first-order valence-corrected chi connectivity index (χ1v) is 12.2. The maximum absolute atomic E-state index is 14.7. The SMILES string of the molecule is CC(CN1C=CCC1)N1CCN(C(=O)c2cc(Cc3n[nH]c(=O)c4ccccc34)ccc2F)CC1. The van der Waals surface area contributed by atoms with Gasteiger partial charge in [-0.3, -0.25) is 14.5 Å². The first-order valence-electron chi connectivity index (χ1n) is 12.2. The molecule has 1 atom stereocenters. The number of rotatable bonds is 6. The van der Waals surface area contributed by atoms with Gasteiger partial charge in [-0.25, -0.2) is 9.49 Å². The van der Waals surface area contributed by atoms with Crippen molar-refractivity contribution in [3.8, 4) is 0 Å². The molecular formula is C27H30FN5O2. The summed E-state index contributed by atoms with van der Waals surface area (Å²) < 4.78 is 14.7. The molecule has 0 bridgehead atoms. The molecule has 1 saturated heterocycles. The highest BCUT2D eigenvalue weighted by molar-refractivity contribution is 5.95. The summed E-state index contributed by atoms with van der Waals surface area (Å²) >= 11 is 0. The number of nitrogens with zero attached hydrogens (tertiary/aromatic N) is 4.